The van der Waals surface area contributed by atoms with E-state index in [1.165, 1.54) is 0 Å². The first-order valence-corrected chi connectivity index (χ1v) is 7.01. The Labute approximate surface area is 113 Å². The van der Waals surface area contributed by atoms with E-state index in [9.17, 15) is 5.11 Å². The fourth-order valence-electron chi connectivity index (χ4n) is 2.64. The Morgan fingerprint density at radius 2 is 2.11 bits per heavy atom. The molecule has 1 aromatic rings. The molecule has 0 amide bonds. The van der Waals surface area contributed by atoms with Crippen LogP contribution in [0.2, 0.25) is 0 Å². The van der Waals surface area contributed by atoms with E-state index < -0.39 is 6.10 Å². The van der Waals surface area contributed by atoms with Crippen LogP contribution in [0.25, 0.3) is 0 Å². The van der Waals surface area contributed by atoms with Crippen molar-refractivity contribution in [3.05, 3.63) is 24.3 Å². The van der Waals surface area contributed by atoms with Crippen LogP contribution in [0, 0.1) is 0 Å². The quantitative estimate of drug-likeness (QED) is 0.905. The molecule has 1 fully saturated rings. The lowest BCUT2D eigenvalue weighted by atomic mass is 10.0. The highest BCUT2D eigenvalue weighted by atomic mass is 16.6. The molecule has 1 aromatic carbocycles. The van der Waals surface area contributed by atoms with Gasteiger partial charge in [0.1, 0.15) is 6.61 Å². The summed E-state index contributed by atoms with van der Waals surface area (Å²) >= 11 is 0. The number of fused-ring (bicyclic) bond motifs is 1. The standard InChI is InChI=1S/C15H20O4/c16-12(8-7-11-4-3-9-17-11)15-10-18-13-5-1-2-6-14(13)19-15/h1-2,5-6,11-12,15-16H,3-4,7-10H2. The van der Waals surface area contributed by atoms with Crippen LogP contribution in [0.4, 0.5) is 0 Å². The summed E-state index contributed by atoms with van der Waals surface area (Å²) < 4.78 is 17.0. The number of aliphatic hydroxyl groups excluding tert-OH is 1. The van der Waals surface area contributed by atoms with E-state index in [0.29, 0.717) is 19.1 Å². The zero-order valence-corrected chi connectivity index (χ0v) is 11.0. The summed E-state index contributed by atoms with van der Waals surface area (Å²) in [5, 5.41) is 10.2. The average molecular weight is 264 g/mol. The van der Waals surface area contributed by atoms with Gasteiger partial charge in [-0.05, 0) is 37.8 Å². The normalized spacial score (nSPS) is 27.2. The van der Waals surface area contributed by atoms with Crippen LogP contribution in [-0.4, -0.2) is 36.6 Å². The minimum Gasteiger partial charge on any atom is -0.486 e. The molecule has 104 valence electrons. The van der Waals surface area contributed by atoms with Gasteiger partial charge in [-0.1, -0.05) is 12.1 Å². The molecule has 0 aromatic heterocycles. The third kappa shape index (κ3) is 3.01. The second-order valence-electron chi connectivity index (χ2n) is 5.19. The van der Waals surface area contributed by atoms with E-state index in [4.69, 9.17) is 14.2 Å². The van der Waals surface area contributed by atoms with Gasteiger partial charge in [0.2, 0.25) is 0 Å². The van der Waals surface area contributed by atoms with Gasteiger partial charge in [0.25, 0.3) is 0 Å². The molecular formula is C15H20O4. The largest absolute Gasteiger partial charge is 0.486 e. The van der Waals surface area contributed by atoms with Gasteiger partial charge in [0.15, 0.2) is 17.6 Å². The summed E-state index contributed by atoms with van der Waals surface area (Å²) in [6, 6.07) is 7.57. The zero-order valence-electron chi connectivity index (χ0n) is 11.0. The minimum absolute atomic E-state index is 0.281. The number of hydrogen-bond donors (Lipinski definition) is 1. The maximum Gasteiger partial charge on any atom is 0.161 e. The van der Waals surface area contributed by atoms with E-state index in [2.05, 4.69) is 0 Å². The van der Waals surface area contributed by atoms with Crippen LogP contribution in [0.1, 0.15) is 25.7 Å². The third-order valence-corrected chi connectivity index (χ3v) is 3.77. The molecule has 0 bridgehead atoms. The molecule has 0 spiro atoms. The van der Waals surface area contributed by atoms with Crippen molar-refractivity contribution in [3.8, 4) is 11.5 Å². The minimum atomic E-state index is -0.502. The highest BCUT2D eigenvalue weighted by Gasteiger charge is 2.28. The third-order valence-electron chi connectivity index (χ3n) is 3.77. The zero-order chi connectivity index (χ0) is 13.1. The van der Waals surface area contributed by atoms with Crippen molar-refractivity contribution < 1.29 is 19.3 Å². The average Bonchev–Trinajstić information content (AvgIpc) is 2.97. The van der Waals surface area contributed by atoms with Gasteiger partial charge in [-0.3, -0.25) is 0 Å². The number of para-hydroxylation sites is 2. The molecule has 19 heavy (non-hydrogen) atoms. The van der Waals surface area contributed by atoms with Crippen molar-refractivity contribution in [1.29, 1.82) is 0 Å². The van der Waals surface area contributed by atoms with Crippen molar-refractivity contribution >= 4 is 0 Å². The lowest BCUT2D eigenvalue weighted by Crippen LogP contribution is -2.40. The van der Waals surface area contributed by atoms with Crippen LogP contribution in [0.15, 0.2) is 24.3 Å². The van der Waals surface area contributed by atoms with Crippen molar-refractivity contribution in [3.63, 3.8) is 0 Å². The fourth-order valence-corrected chi connectivity index (χ4v) is 2.64. The summed E-state index contributed by atoms with van der Waals surface area (Å²) in [6.07, 6.45) is 3.36. The highest BCUT2D eigenvalue weighted by Crippen LogP contribution is 2.32. The molecule has 3 atom stereocenters. The van der Waals surface area contributed by atoms with Crippen LogP contribution < -0.4 is 9.47 Å². The Balaban J connectivity index is 1.52. The summed E-state index contributed by atoms with van der Waals surface area (Å²) in [4.78, 5) is 0. The van der Waals surface area contributed by atoms with Gasteiger partial charge in [0, 0.05) is 6.61 Å². The van der Waals surface area contributed by atoms with Gasteiger partial charge >= 0.3 is 0 Å². The second kappa shape index (κ2) is 5.80. The molecule has 4 nitrogen and oxygen atoms in total. The maximum atomic E-state index is 10.2. The molecule has 3 rings (SSSR count). The van der Waals surface area contributed by atoms with Gasteiger partial charge in [-0.25, -0.2) is 0 Å². The van der Waals surface area contributed by atoms with E-state index in [-0.39, 0.29) is 6.10 Å². The van der Waals surface area contributed by atoms with Crippen molar-refractivity contribution in [1.82, 2.24) is 0 Å². The first-order chi connectivity index (χ1) is 9.33. The number of hydrogen-bond acceptors (Lipinski definition) is 4. The Hall–Kier alpha value is -1.26. The first kappa shape index (κ1) is 12.8. The highest BCUT2D eigenvalue weighted by molar-refractivity contribution is 5.40. The predicted molar refractivity (Wildman–Crippen MR) is 70.6 cm³/mol. The van der Waals surface area contributed by atoms with Crippen LogP contribution in [-0.2, 0) is 4.74 Å². The smallest absolute Gasteiger partial charge is 0.161 e. The molecule has 2 heterocycles. The maximum absolute atomic E-state index is 10.2. The van der Waals surface area contributed by atoms with Crippen molar-refractivity contribution in [2.75, 3.05) is 13.2 Å². The van der Waals surface area contributed by atoms with Crippen molar-refractivity contribution in [2.45, 2.75) is 44.0 Å². The van der Waals surface area contributed by atoms with E-state index >= 15 is 0 Å². The molecule has 1 saturated heterocycles. The van der Waals surface area contributed by atoms with Crippen LogP contribution in [0.5, 0.6) is 11.5 Å². The molecule has 0 saturated carbocycles. The van der Waals surface area contributed by atoms with Gasteiger partial charge in [0.05, 0.1) is 12.2 Å². The molecule has 3 unspecified atom stereocenters. The SMILES string of the molecule is OC(CCC1CCCO1)C1COc2ccccc2O1. The Morgan fingerprint density at radius 3 is 2.89 bits per heavy atom. The molecule has 2 aliphatic heterocycles. The molecule has 2 aliphatic rings. The Morgan fingerprint density at radius 1 is 1.26 bits per heavy atom. The number of benzene rings is 1. The first-order valence-electron chi connectivity index (χ1n) is 7.01. The van der Waals surface area contributed by atoms with E-state index in [0.717, 1.165) is 37.4 Å². The fraction of sp³-hybridized carbons (Fsp3) is 0.600. The lowest BCUT2D eigenvalue weighted by molar-refractivity contribution is -0.0208. The number of aliphatic hydroxyl groups is 1. The summed E-state index contributed by atoms with van der Waals surface area (Å²) in [7, 11) is 0. The van der Waals surface area contributed by atoms with E-state index in [1.807, 2.05) is 24.3 Å². The van der Waals surface area contributed by atoms with Gasteiger partial charge < -0.3 is 19.3 Å². The Kier molecular flexibility index (Phi) is 3.89. The predicted octanol–water partition coefficient (Wildman–Crippen LogP) is 2.15. The van der Waals surface area contributed by atoms with Crippen LogP contribution in [0.3, 0.4) is 0 Å². The molecule has 0 radical (unpaired) electrons. The monoisotopic (exact) mass is 264 g/mol. The Bertz CT molecular complexity index is 414. The summed E-state index contributed by atoms with van der Waals surface area (Å²) in [6.45, 7) is 1.26. The molecule has 4 heteroatoms. The topological polar surface area (TPSA) is 47.9 Å². The number of ether oxygens (including phenoxy) is 3. The van der Waals surface area contributed by atoms with Crippen molar-refractivity contribution in [2.24, 2.45) is 0 Å². The van der Waals surface area contributed by atoms with E-state index in [1.54, 1.807) is 0 Å². The lowest BCUT2D eigenvalue weighted by Gasteiger charge is -2.30. The summed E-state index contributed by atoms with van der Waals surface area (Å²) in [5.74, 6) is 1.47. The second-order valence-corrected chi connectivity index (χ2v) is 5.19. The van der Waals surface area contributed by atoms with Gasteiger partial charge in [-0.2, -0.15) is 0 Å². The van der Waals surface area contributed by atoms with Gasteiger partial charge in [-0.15, -0.1) is 0 Å². The number of rotatable bonds is 4. The summed E-state index contributed by atoms with van der Waals surface area (Å²) in [5.41, 5.74) is 0. The molecular weight excluding hydrogens is 244 g/mol. The molecule has 1 N–H and O–H groups in total. The molecule has 0 aliphatic carbocycles. The van der Waals surface area contributed by atoms with Crippen LogP contribution >= 0.6 is 0 Å².